The Morgan fingerprint density at radius 1 is 1.03 bits per heavy atom. The average Bonchev–Trinajstić information content (AvgIpc) is 3.09. The van der Waals surface area contributed by atoms with E-state index in [1.165, 1.54) is 57.7 Å². The number of rotatable bonds is 4. The Morgan fingerprint density at radius 2 is 1.66 bits per heavy atom. The molecule has 1 saturated carbocycles. The summed E-state index contributed by atoms with van der Waals surface area (Å²) in [6, 6.07) is 0.709. The number of hydrogen-bond donors (Lipinski definition) is 1. The first-order valence-corrected chi connectivity index (χ1v) is 11.3. The second kappa shape index (κ2) is 9.86. The first-order valence-electron chi connectivity index (χ1n) is 10.1. The van der Waals surface area contributed by atoms with Gasteiger partial charge in [0.2, 0.25) is 0 Å². The van der Waals surface area contributed by atoms with Gasteiger partial charge in [-0.1, -0.05) is 19.3 Å². The average molecular weight is 440 g/mol. The number of methoxy groups -OCH3 is 2. The van der Waals surface area contributed by atoms with Gasteiger partial charge in [-0.2, -0.15) is 0 Å². The van der Waals surface area contributed by atoms with Crippen molar-refractivity contribution < 1.29 is 19.1 Å². The molecule has 9 heteroatoms. The number of nitrogens with zero attached hydrogens (tertiary/aromatic N) is 2. The lowest BCUT2D eigenvalue weighted by molar-refractivity contribution is 0.0601. The molecule has 1 aromatic heterocycles. The first-order chi connectivity index (χ1) is 14.0. The third-order valence-corrected chi connectivity index (χ3v) is 7.37. The Balaban J connectivity index is 1.67. The lowest BCUT2D eigenvalue weighted by Gasteiger charge is -2.41. The Morgan fingerprint density at radius 3 is 2.24 bits per heavy atom. The molecule has 29 heavy (non-hydrogen) atoms. The topological polar surface area (TPSA) is 71.1 Å². The number of carbonyl (C=O) groups is 2. The molecule has 0 bridgehead atoms. The van der Waals surface area contributed by atoms with Crippen LogP contribution in [0.3, 0.4) is 0 Å². The van der Waals surface area contributed by atoms with E-state index in [2.05, 4.69) is 15.1 Å². The van der Waals surface area contributed by atoms with Crippen LogP contribution >= 0.6 is 23.6 Å². The van der Waals surface area contributed by atoms with E-state index in [0.29, 0.717) is 32.2 Å². The minimum absolute atomic E-state index is 0.334. The minimum Gasteiger partial charge on any atom is -0.465 e. The fraction of sp³-hybridized carbons (Fsp3) is 0.650. The predicted octanol–water partition coefficient (Wildman–Crippen LogP) is 3.28. The van der Waals surface area contributed by atoms with E-state index in [1.54, 1.807) is 6.92 Å². The fourth-order valence-electron chi connectivity index (χ4n) is 4.15. The summed E-state index contributed by atoms with van der Waals surface area (Å²) >= 11 is 6.78. The molecular formula is C20H29N3O4S2. The zero-order valence-electron chi connectivity index (χ0n) is 17.3. The van der Waals surface area contributed by atoms with Crippen molar-refractivity contribution >= 4 is 45.6 Å². The summed E-state index contributed by atoms with van der Waals surface area (Å²) in [5, 5.41) is 4.27. The molecule has 2 heterocycles. The van der Waals surface area contributed by atoms with E-state index in [0.717, 1.165) is 26.2 Å². The second-order valence-electron chi connectivity index (χ2n) is 7.49. The van der Waals surface area contributed by atoms with Gasteiger partial charge in [0.05, 0.1) is 19.8 Å². The van der Waals surface area contributed by atoms with Crippen molar-refractivity contribution in [2.75, 3.05) is 45.7 Å². The molecule has 1 aromatic rings. The zero-order valence-corrected chi connectivity index (χ0v) is 18.9. The second-order valence-corrected chi connectivity index (χ2v) is 8.90. The van der Waals surface area contributed by atoms with Crippen molar-refractivity contribution in [2.45, 2.75) is 45.1 Å². The number of esters is 2. The summed E-state index contributed by atoms with van der Waals surface area (Å²) < 4.78 is 9.74. The van der Waals surface area contributed by atoms with Gasteiger partial charge in [0, 0.05) is 32.2 Å². The number of nitrogens with one attached hydrogen (secondary N) is 1. The van der Waals surface area contributed by atoms with Crippen LogP contribution < -0.4 is 5.32 Å². The molecule has 2 aliphatic rings. The van der Waals surface area contributed by atoms with E-state index in [-0.39, 0.29) is 0 Å². The summed E-state index contributed by atoms with van der Waals surface area (Å²) in [7, 11) is 2.65. The van der Waals surface area contributed by atoms with Crippen LogP contribution in [0.25, 0.3) is 0 Å². The SMILES string of the molecule is COC(=O)c1sc(NC(=S)N2CCN(C3CCCCC3)CC2)c(C(=O)OC)c1C. The number of ether oxygens (including phenoxy) is 2. The van der Waals surface area contributed by atoms with Crippen LogP contribution in [0.2, 0.25) is 0 Å². The van der Waals surface area contributed by atoms with Crippen LogP contribution in [0.1, 0.15) is 57.7 Å². The van der Waals surface area contributed by atoms with Gasteiger partial charge < -0.3 is 19.7 Å². The molecule has 1 aliphatic heterocycles. The fourth-order valence-corrected chi connectivity index (χ4v) is 5.61. The van der Waals surface area contributed by atoms with Crippen LogP contribution in [0.4, 0.5) is 5.00 Å². The maximum atomic E-state index is 12.3. The number of piperazine rings is 1. The molecule has 3 rings (SSSR count). The number of carbonyl (C=O) groups excluding carboxylic acids is 2. The Hall–Kier alpha value is -1.71. The summed E-state index contributed by atoms with van der Waals surface area (Å²) in [6.45, 7) is 5.40. The molecule has 1 N–H and O–H groups in total. The van der Waals surface area contributed by atoms with Crippen molar-refractivity contribution in [3.63, 3.8) is 0 Å². The Bertz CT molecular complexity index is 766. The highest BCUT2D eigenvalue weighted by Gasteiger charge is 2.29. The summed E-state index contributed by atoms with van der Waals surface area (Å²) in [5.74, 6) is -0.973. The van der Waals surface area contributed by atoms with Crippen molar-refractivity contribution in [2.24, 2.45) is 0 Å². The molecule has 7 nitrogen and oxygen atoms in total. The van der Waals surface area contributed by atoms with Gasteiger partial charge >= 0.3 is 11.9 Å². The quantitative estimate of drug-likeness (QED) is 0.566. The number of hydrogen-bond acceptors (Lipinski definition) is 7. The highest BCUT2D eigenvalue weighted by molar-refractivity contribution is 7.80. The largest absolute Gasteiger partial charge is 0.465 e. The van der Waals surface area contributed by atoms with Crippen LogP contribution in [-0.2, 0) is 9.47 Å². The summed E-state index contributed by atoms with van der Waals surface area (Å²) in [6.07, 6.45) is 6.63. The standard InChI is InChI=1S/C20H29N3O4S2/c1-13-15(18(24)26-2)17(29-16(13)19(25)27-3)21-20(28)23-11-9-22(10-12-23)14-7-5-4-6-8-14/h14H,4-12H2,1-3H3,(H,21,28). The highest BCUT2D eigenvalue weighted by atomic mass is 32.1. The third kappa shape index (κ3) is 4.90. The maximum absolute atomic E-state index is 12.3. The minimum atomic E-state index is -0.499. The zero-order chi connectivity index (χ0) is 21.0. The smallest absolute Gasteiger partial charge is 0.348 e. The molecule has 0 amide bonds. The molecule has 1 saturated heterocycles. The van der Waals surface area contributed by atoms with Gasteiger partial charge in [-0.15, -0.1) is 11.3 Å². The van der Waals surface area contributed by atoms with Gasteiger partial charge in [-0.05, 0) is 37.5 Å². The monoisotopic (exact) mass is 439 g/mol. The van der Waals surface area contributed by atoms with E-state index in [1.807, 2.05) is 0 Å². The van der Waals surface area contributed by atoms with E-state index < -0.39 is 11.9 Å². The lowest BCUT2D eigenvalue weighted by Crippen LogP contribution is -2.53. The Labute approximate surface area is 181 Å². The van der Waals surface area contributed by atoms with Crippen LogP contribution in [-0.4, -0.2) is 73.3 Å². The van der Waals surface area contributed by atoms with E-state index >= 15 is 0 Å². The lowest BCUT2D eigenvalue weighted by atomic mass is 9.94. The van der Waals surface area contributed by atoms with Gasteiger partial charge in [0.15, 0.2) is 5.11 Å². The normalized spacial score (nSPS) is 18.4. The molecule has 0 atom stereocenters. The number of thiophene rings is 1. The van der Waals surface area contributed by atoms with Gasteiger partial charge in [0.1, 0.15) is 9.88 Å². The molecule has 0 aromatic carbocycles. The Kier molecular flexibility index (Phi) is 7.48. The van der Waals surface area contributed by atoms with Gasteiger partial charge in [-0.25, -0.2) is 9.59 Å². The summed E-state index contributed by atoms with van der Waals surface area (Å²) in [5.41, 5.74) is 0.877. The van der Waals surface area contributed by atoms with E-state index in [9.17, 15) is 9.59 Å². The predicted molar refractivity (Wildman–Crippen MR) is 118 cm³/mol. The number of thiocarbonyl (C=S) groups is 1. The van der Waals surface area contributed by atoms with Crippen LogP contribution in [0.15, 0.2) is 0 Å². The van der Waals surface area contributed by atoms with Crippen molar-refractivity contribution in [3.05, 3.63) is 16.0 Å². The molecular weight excluding hydrogens is 410 g/mol. The molecule has 1 aliphatic carbocycles. The highest BCUT2D eigenvalue weighted by Crippen LogP contribution is 2.34. The van der Waals surface area contributed by atoms with Crippen molar-refractivity contribution in [3.8, 4) is 0 Å². The van der Waals surface area contributed by atoms with E-state index in [4.69, 9.17) is 21.7 Å². The summed E-state index contributed by atoms with van der Waals surface area (Å²) in [4.78, 5) is 29.4. The maximum Gasteiger partial charge on any atom is 0.348 e. The molecule has 0 radical (unpaired) electrons. The van der Waals surface area contributed by atoms with Crippen LogP contribution in [0.5, 0.6) is 0 Å². The molecule has 160 valence electrons. The van der Waals surface area contributed by atoms with Crippen molar-refractivity contribution in [1.29, 1.82) is 0 Å². The molecule has 0 unspecified atom stereocenters. The van der Waals surface area contributed by atoms with Crippen LogP contribution in [0, 0.1) is 6.92 Å². The third-order valence-electron chi connectivity index (χ3n) is 5.82. The molecule has 0 spiro atoms. The molecule has 2 fully saturated rings. The van der Waals surface area contributed by atoms with Gasteiger partial charge in [-0.3, -0.25) is 4.90 Å². The van der Waals surface area contributed by atoms with Crippen molar-refractivity contribution in [1.82, 2.24) is 9.80 Å². The van der Waals surface area contributed by atoms with Gasteiger partial charge in [0.25, 0.3) is 0 Å². The number of anilines is 1. The first kappa shape index (κ1) is 22.0.